The van der Waals surface area contributed by atoms with Gasteiger partial charge in [0.05, 0.1) is 0 Å². The van der Waals surface area contributed by atoms with Gasteiger partial charge < -0.3 is 0 Å². The first kappa shape index (κ1) is 15.1. The SMILES string of the molecule is C#CC(C)(C)C(CC)CCC.CC. The second-order valence-electron chi connectivity index (χ2n) is 3.76. The molecule has 13 heavy (non-hydrogen) atoms. The molecule has 0 aliphatic carbocycles. The highest BCUT2D eigenvalue weighted by Gasteiger charge is 2.24. The third-order valence-corrected chi connectivity index (χ3v) is 2.52. The van der Waals surface area contributed by atoms with Crippen molar-refractivity contribution in [2.75, 3.05) is 0 Å². The highest BCUT2D eigenvalue weighted by atomic mass is 14.3. The zero-order valence-electron chi connectivity index (χ0n) is 10.3. The molecule has 0 aromatic rings. The van der Waals surface area contributed by atoms with E-state index in [9.17, 15) is 0 Å². The summed E-state index contributed by atoms with van der Waals surface area (Å²) in [7, 11) is 0. The Morgan fingerprint density at radius 2 is 1.69 bits per heavy atom. The Morgan fingerprint density at radius 1 is 1.23 bits per heavy atom. The molecule has 0 aliphatic heterocycles. The minimum Gasteiger partial charge on any atom is -0.120 e. The van der Waals surface area contributed by atoms with Crippen LogP contribution in [0, 0.1) is 23.7 Å². The molecule has 0 heterocycles. The lowest BCUT2D eigenvalue weighted by molar-refractivity contribution is 0.268. The molecular weight excluding hydrogens is 156 g/mol. The Morgan fingerprint density at radius 3 is 1.92 bits per heavy atom. The Labute approximate surface area is 85.1 Å². The summed E-state index contributed by atoms with van der Waals surface area (Å²) in [6.45, 7) is 12.8. The fourth-order valence-corrected chi connectivity index (χ4v) is 1.54. The Hall–Kier alpha value is -0.440. The summed E-state index contributed by atoms with van der Waals surface area (Å²) in [5.41, 5.74) is 0.0881. The predicted molar refractivity (Wildman–Crippen MR) is 62.7 cm³/mol. The molecule has 1 atom stereocenters. The third kappa shape index (κ3) is 5.75. The van der Waals surface area contributed by atoms with Crippen molar-refractivity contribution < 1.29 is 0 Å². The van der Waals surface area contributed by atoms with Crippen LogP contribution in [0.4, 0.5) is 0 Å². The van der Waals surface area contributed by atoms with Gasteiger partial charge in [0.25, 0.3) is 0 Å². The van der Waals surface area contributed by atoms with E-state index in [-0.39, 0.29) is 5.41 Å². The summed E-state index contributed by atoms with van der Waals surface area (Å²) in [5.74, 6) is 3.57. The number of terminal acetylenes is 1. The zero-order chi connectivity index (χ0) is 10.9. The second-order valence-corrected chi connectivity index (χ2v) is 3.76. The summed E-state index contributed by atoms with van der Waals surface area (Å²) >= 11 is 0. The molecule has 0 fully saturated rings. The van der Waals surface area contributed by atoms with E-state index < -0.39 is 0 Å². The van der Waals surface area contributed by atoms with Crippen molar-refractivity contribution in [3.05, 3.63) is 0 Å². The van der Waals surface area contributed by atoms with Crippen LogP contribution in [0.3, 0.4) is 0 Å². The van der Waals surface area contributed by atoms with E-state index >= 15 is 0 Å². The molecule has 0 heteroatoms. The first-order chi connectivity index (χ1) is 6.08. The first-order valence-corrected chi connectivity index (χ1v) is 5.56. The van der Waals surface area contributed by atoms with Crippen LogP contribution in [0.1, 0.15) is 60.8 Å². The maximum atomic E-state index is 5.46. The molecule has 0 N–H and O–H groups in total. The molecule has 0 radical (unpaired) electrons. The van der Waals surface area contributed by atoms with Crippen LogP contribution in [0.25, 0.3) is 0 Å². The van der Waals surface area contributed by atoms with Crippen LogP contribution in [-0.4, -0.2) is 0 Å². The summed E-state index contributed by atoms with van der Waals surface area (Å²) < 4.78 is 0. The van der Waals surface area contributed by atoms with E-state index in [1.807, 2.05) is 13.8 Å². The molecule has 0 aliphatic rings. The van der Waals surface area contributed by atoms with Crippen molar-refractivity contribution in [3.8, 4) is 12.3 Å². The number of hydrogen-bond donors (Lipinski definition) is 0. The molecule has 0 rings (SSSR count). The molecule has 78 valence electrons. The van der Waals surface area contributed by atoms with Crippen LogP contribution in [-0.2, 0) is 0 Å². The lowest BCUT2D eigenvalue weighted by Crippen LogP contribution is -2.21. The van der Waals surface area contributed by atoms with E-state index in [0.29, 0.717) is 5.92 Å². The van der Waals surface area contributed by atoms with Gasteiger partial charge >= 0.3 is 0 Å². The fraction of sp³-hybridized carbons (Fsp3) is 0.846. The standard InChI is InChI=1S/C11H20.C2H6/c1-6-9-10(7-2)11(4,5)8-3;1-2/h3,10H,6-7,9H2,1-2,4-5H3;1-2H3. The van der Waals surface area contributed by atoms with Crippen LogP contribution in [0.2, 0.25) is 0 Å². The minimum absolute atomic E-state index is 0.0881. The molecule has 0 spiro atoms. The van der Waals surface area contributed by atoms with E-state index in [2.05, 4.69) is 33.6 Å². The van der Waals surface area contributed by atoms with Gasteiger partial charge in [-0.25, -0.2) is 0 Å². The Bertz CT molecular complexity index is 137. The number of rotatable bonds is 4. The molecule has 0 amide bonds. The van der Waals surface area contributed by atoms with Gasteiger partial charge in [-0.15, -0.1) is 12.3 Å². The largest absolute Gasteiger partial charge is 0.120 e. The van der Waals surface area contributed by atoms with Crippen LogP contribution in [0.15, 0.2) is 0 Å². The van der Waals surface area contributed by atoms with Gasteiger partial charge in [0.1, 0.15) is 0 Å². The molecule has 0 bridgehead atoms. The van der Waals surface area contributed by atoms with Crippen molar-refractivity contribution in [1.29, 1.82) is 0 Å². The average molecular weight is 182 g/mol. The fourth-order valence-electron chi connectivity index (χ4n) is 1.54. The van der Waals surface area contributed by atoms with Crippen LogP contribution >= 0.6 is 0 Å². The van der Waals surface area contributed by atoms with Gasteiger partial charge in [-0.05, 0) is 26.2 Å². The van der Waals surface area contributed by atoms with Gasteiger partial charge in [0.2, 0.25) is 0 Å². The minimum atomic E-state index is 0.0881. The van der Waals surface area contributed by atoms with Gasteiger partial charge in [-0.2, -0.15) is 0 Å². The third-order valence-electron chi connectivity index (χ3n) is 2.52. The molecule has 0 saturated heterocycles. The maximum absolute atomic E-state index is 5.46. The van der Waals surface area contributed by atoms with Gasteiger partial charge in [-0.1, -0.05) is 40.5 Å². The van der Waals surface area contributed by atoms with E-state index in [1.54, 1.807) is 0 Å². The summed E-state index contributed by atoms with van der Waals surface area (Å²) in [6.07, 6.45) is 9.16. The van der Waals surface area contributed by atoms with E-state index in [0.717, 1.165) is 0 Å². The van der Waals surface area contributed by atoms with Crippen molar-refractivity contribution >= 4 is 0 Å². The van der Waals surface area contributed by atoms with Crippen LogP contribution < -0.4 is 0 Å². The molecular formula is C13H26. The molecule has 1 unspecified atom stereocenters. The highest BCUT2D eigenvalue weighted by Crippen LogP contribution is 2.31. The molecule has 0 aromatic heterocycles. The second kappa shape index (κ2) is 8.17. The van der Waals surface area contributed by atoms with Crippen molar-refractivity contribution in [2.45, 2.75) is 60.8 Å². The topological polar surface area (TPSA) is 0 Å². The summed E-state index contributed by atoms with van der Waals surface area (Å²) in [6, 6.07) is 0. The molecule has 0 saturated carbocycles. The van der Waals surface area contributed by atoms with Gasteiger partial charge in [0.15, 0.2) is 0 Å². The van der Waals surface area contributed by atoms with Gasteiger partial charge in [0, 0.05) is 5.41 Å². The van der Waals surface area contributed by atoms with E-state index in [1.165, 1.54) is 19.3 Å². The quantitative estimate of drug-likeness (QED) is 0.562. The number of hydrogen-bond acceptors (Lipinski definition) is 0. The highest BCUT2D eigenvalue weighted by molar-refractivity contribution is 5.03. The Kier molecular flexibility index (Phi) is 9.46. The van der Waals surface area contributed by atoms with Gasteiger partial charge in [-0.3, -0.25) is 0 Å². The van der Waals surface area contributed by atoms with E-state index in [4.69, 9.17) is 6.42 Å². The lowest BCUT2D eigenvalue weighted by atomic mass is 9.76. The summed E-state index contributed by atoms with van der Waals surface area (Å²) in [5, 5.41) is 0. The monoisotopic (exact) mass is 182 g/mol. The Balaban J connectivity index is 0. The average Bonchev–Trinajstić information content (AvgIpc) is 2.17. The smallest absolute Gasteiger partial charge is 0.0283 e. The lowest BCUT2D eigenvalue weighted by Gasteiger charge is -2.28. The van der Waals surface area contributed by atoms with Crippen molar-refractivity contribution in [3.63, 3.8) is 0 Å². The molecule has 0 aromatic carbocycles. The predicted octanol–water partition coefficient (Wildman–Crippen LogP) is 4.50. The molecule has 0 nitrogen and oxygen atoms in total. The van der Waals surface area contributed by atoms with Crippen LogP contribution in [0.5, 0.6) is 0 Å². The zero-order valence-corrected chi connectivity index (χ0v) is 10.3. The van der Waals surface area contributed by atoms with Crippen molar-refractivity contribution in [2.24, 2.45) is 11.3 Å². The maximum Gasteiger partial charge on any atom is 0.0283 e. The first-order valence-electron chi connectivity index (χ1n) is 5.56. The summed E-state index contributed by atoms with van der Waals surface area (Å²) in [4.78, 5) is 0. The van der Waals surface area contributed by atoms with Crippen molar-refractivity contribution in [1.82, 2.24) is 0 Å². The normalized spacial score (nSPS) is 12.4.